The van der Waals surface area contributed by atoms with Crippen molar-refractivity contribution in [3.63, 3.8) is 0 Å². The second-order valence-corrected chi connectivity index (χ2v) is 5.74. The third-order valence-corrected chi connectivity index (χ3v) is 4.21. The number of ether oxygens (including phenoxy) is 1. The number of benzene rings is 2. The van der Waals surface area contributed by atoms with Crippen LogP contribution in [0.5, 0.6) is 11.5 Å². The molecule has 1 fully saturated rings. The van der Waals surface area contributed by atoms with Crippen LogP contribution in [-0.4, -0.2) is 23.4 Å². The molecule has 1 heterocycles. The van der Waals surface area contributed by atoms with Gasteiger partial charge in [-0.05, 0) is 36.0 Å². The first-order valence-electron chi connectivity index (χ1n) is 6.81. The van der Waals surface area contributed by atoms with Gasteiger partial charge in [0.2, 0.25) is 0 Å². The van der Waals surface area contributed by atoms with Crippen LogP contribution >= 0.6 is 11.8 Å². The molecular weight excluding hydrogens is 314 g/mol. The Kier molecular flexibility index (Phi) is 4.08. The molecule has 1 aliphatic rings. The molecule has 0 unspecified atom stereocenters. The Balaban J connectivity index is 1.97. The Hall–Kier alpha value is -2.73. The standard InChI is InChI=1S/C17H13NO4S/c1-22-13-9-5-6-11(15(13)19)10-14-16(20)18(17(21)23-14)12-7-3-2-4-8-12/h2-10,19H,1H3/b14-10+. The number of phenolic OH excluding ortho intramolecular Hbond substituents is 1. The first-order chi connectivity index (χ1) is 11.1. The van der Waals surface area contributed by atoms with Crippen LogP contribution in [0.15, 0.2) is 53.4 Å². The zero-order valence-corrected chi connectivity index (χ0v) is 13.0. The monoisotopic (exact) mass is 327 g/mol. The van der Waals surface area contributed by atoms with Gasteiger partial charge in [0.1, 0.15) is 0 Å². The van der Waals surface area contributed by atoms with E-state index in [0.717, 1.165) is 16.7 Å². The summed E-state index contributed by atoms with van der Waals surface area (Å²) < 4.78 is 5.04. The van der Waals surface area contributed by atoms with E-state index in [-0.39, 0.29) is 15.9 Å². The summed E-state index contributed by atoms with van der Waals surface area (Å²) in [6.07, 6.45) is 1.49. The number of carbonyl (C=O) groups excluding carboxylic acids is 2. The summed E-state index contributed by atoms with van der Waals surface area (Å²) in [5.41, 5.74) is 0.941. The number of rotatable bonds is 3. The topological polar surface area (TPSA) is 66.8 Å². The van der Waals surface area contributed by atoms with Crippen LogP contribution in [0.1, 0.15) is 5.56 Å². The van der Waals surface area contributed by atoms with E-state index >= 15 is 0 Å². The van der Waals surface area contributed by atoms with Crippen molar-refractivity contribution in [1.29, 1.82) is 0 Å². The third-order valence-electron chi connectivity index (χ3n) is 3.34. The van der Waals surface area contributed by atoms with Crippen LogP contribution in [0, 0.1) is 0 Å². The van der Waals surface area contributed by atoms with E-state index in [2.05, 4.69) is 0 Å². The summed E-state index contributed by atoms with van der Waals surface area (Å²) in [4.78, 5) is 26.0. The van der Waals surface area contributed by atoms with Crippen molar-refractivity contribution in [1.82, 2.24) is 0 Å². The van der Waals surface area contributed by atoms with Crippen molar-refractivity contribution < 1.29 is 19.4 Å². The molecular formula is C17H13NO4S. The molecule has 2 aromatic carbocycles. The Morgan fingerprint density at radius 2 is 1.83 bits per heavy atom. The zero-order chi connectivity index (χ0) is 16.4. The Morgan fingerprint density at radius 1 is 1.09 bits per heavy atom. The molecule has 2 amide bonds. The maximum atomic E-state index is 12.5. The number of nitrogens with zero attached hydrogens (tertiary/aromatic N) is 1. The predicted molar refractivity (Wildman–Crippen MR) is 89.6 cm³/mol. The number of para-hydroxylation sites is 2. The highest BCUT2D eigenvalue weighted by Gasteiger charge is 2.36. The van der Waals surface area contributed by atoms with Crippen LogP contribution in [0.4, 0.5) is 10.5 Å². The molecule has 3 rings (SSSR count). The summed E-state index contributed by atoms with van der Waals surface area (Å²) in [5, 5.41) is 9.73. The van der Waals surface area contributed by atoms with Crippen LogP contribution in [0.3, 0.4) is 0 Å². The van der Waals surface area contributed by atoms with Crippen molar-refractivity contribution in [3.8, 4) is 11.5 Å². The first kappa shape index (κ1) is 15.2. The molecule has 0 aliphatic carbocycles. The van der Waals surface area contributed by atoms with Gasteiger partial charge in [-0.3, -0.25) is 9.59 Å². The van der Waals surface area contributed by atoms with Crippen molar-refractivity contribution in [2.45, 2.75) is 0 Å². The molecule has 1 aliphatic heterocycles. The molecule has 0 spiro atoms. The number of aromatic hydroxyl groups is 1. The van der Waals surface area contributed by atoms with Gasteiger partial charge >= 0.3 is 0 Å². The van der Waals surface area contributed by atoms with Gasteiger partial charge in [-0.1, -0.05) is 30.3 Å². The summed E-state index contributed by atoms with van der Waals surface area (Å²) in [5.74, 6) is -0.170. The molecule has 0 atom stereocenters. The largest absolute Gasteiger partial charge is 0.504 e. The van der Waals surface area contributed by atoms with Gasteiger partial charge in [0.15, 0.2) is 11.5 Å². The number of methoxy groups -OCH3 is 1. The van der Waals surface area contributed by atoms with Crippen molar-refractivity contribution in [2.24, 2.45) is 0 Å². The number of amides is 2. The van der Waals surface area contributed by atoms with Crippen molar-refractivity contribution in [3.05, 3.63) is 59.0 Å². The highest BCUT2D eigenvalue weighted by Crippen LogP contribution is 2.38. The third kappa shape index (κ3) is 2.80. The van der Waals surface area contributed by atoms with Gasteiger partial charge in [-0.15, -0.1) is 0 Å². The Labute approximate surface area is 137 Å². The Bertz CT molecular complexity index is 801. The molecule has 1 saturated heterocycles. The molecule has 116 valence electrons. The molecule has 23 heavy (non-hydrogen) atoms. The van der Waals surface area contributed by atoms with Gasteiger partial charge in [0.25, 0.3) is 11.1 Å². The van der Waals surface area contributed by atoms with Crippen LogP contribution < -0.4 is 9.64 Å². The van der Waals surface area contributed by atoms with E-state index < -0.39 is 5.91 Å². The predicted octanol–water partition coefficient (Wildman–Crippen LogP) is 3.64. The fourth-order valence-electron chi connectivity index (χ4n) is 2.23. The molecule has 2 aromatic rings. The lowest BCUT2D eigenvalue weighted by atomic mass is 10.1. The van der Waals surface area contributed by atoms with Gasteiger partial charge in [0.05, 0.1) is 17.7 Å². The lowest BCUT2D eigenvalue weighted by molar-refractivity contribution is -0.113. The molecule has 0 radical (unpaired) electrons. The van der Waals surface area contributed by atoms with Gasteiger partial charge in [0, 0.05) is 5.56 Å². The van der Waals surface area contributed by atoms with Crippen LogP contribution in [-0.2, 0) is 4.79 Å². The van der Waals surface area contributed by atoms with E-state index in [1.165, 1.54) is 13.2 Å². The van der Waals surface area contributed by atoms with Gasteiger partial charge in [-0.25, -0.2) is 4.90 Å². The quantitative estimate of drug-likeness (QED) is 0.872. The summed E-state index contributed by atoms with van der Waals surface area (Å²) in [7, 11) is 1.45. The van der Waals surface area contributed by atoms with E-state index in [0.29, 0.717) is 17.0 Å². The van der Waals surface area contributed by atoms with Crippen LogP contribution in [0.2, 0.25) is 0 Å². The van der Waals surface area contributed by atoms with E-state index in [1.807, 2.05) is 6.07 Å². The molecule has 1 N–H and O–H groups in total. The van der Waals surface area contributed by atoms with Gasteiger partial charge in [-0.2, -0.15) is 0 Å². The highest BCUT2D eigenvalue weighted by molar-refractivity contribution is 8.19. The maximum absolute atomic E-state index is 12.5. The first-order valence-corrected chi connectivity index (χ1v) is 7.62. The van der Waals surface area contributed by atoms with E-state index in [9.17, 15) is 14.7 Å². The number of carbonyl (C=O) groups is 2. The van der Waals surface area contributed by atoms with Gasteiger partial charge < -0.3 is 9.84 Å². The number of anilines is 1. The molecule has 6 heteroatoms. The summed E-state index contributed by atoms with van der Waals surface area (Å²) in [6.45, 7) is 0. The second kappa shape index (κ2) is 6.18. The van der Waals surface area contributed by atoms with Crippen LogP contribution in [0.25, 0.3) is 6.08 Å². The highest BCUT2D eigenvalue weighted by atomic mass is 32.2. The minimum atomic E-state index is -0.409. The zero-order valence-electron chi connectivity index (χ0n) is 12.2. The average molecular weight is 327 g/mol. The molecule has 0 saturated carbocycles. The number of hydrogen-bond donors (Lipinski definition) is 1. The van der Waals surface area contributed by atoms with E-state index in [4.69, 9.17) is 4.74 Å². The average Bonchev–Trinajstić information content (AvgIpc) is 2.84. The van der Waals surface area contributed by atoms with E-state index in [1.54, 1.807) is 42.5 Å². The fourth-order valence-corrected chi connectivity index (χ4v) is 3.06. The number of thioether (sulfide) groups is 1. The SMILES string of the molecule is COc1cccc(/C=C2/SC(=O)N(c3ccccc3)C2=O)c1O. The smallest absolute Gasteiger partial charge is 0.298 e. The Morgan fingerprint density at radius 3 is 2.52 bits per heavy atom. The fraction of sp³-hybridized carbons (Fsp3) is 0.0588. The summed E-state index contributed by atoms with van der Waals surface area (Å²) >= 11 is 0.840. The number of imide groups is 1. The normalized spacial score (nSPS) is 16.2. The second-order valence-electron chi connectivity index (χ2n) is 4.75. The lowest BCUT2D eigenvalue weighted by Crippen LogP contribution is -2.27. The van der Waals surface area contributed by atoms with Crippen molar-refractivity contribution in [2.75, 3.05) is 12.0 Å². The number of phenols is 1. The molecule has 5 nitrogen and oxygen atoms in total. The minimum absolute atomic E-state index is 0.0680. The summed E-state index contributed by atoms with van der Waals surface area (Å²) in [6, 6.07) is 13.7. The number of hydrogen-bond acceptors (Lipinski definition) is 5. The lowest BCUT2D eigenvalue weighted by Gasteiger charge is -2.11. The maximum Gasteiger partial charge on any atom is 0.298 e. The molecule has 0 bridgehead atoms. The van der Waals surface area contributed by atoms with Crippen molar-refractivity contribution >= 4 is 34.7 Å². The molecule has 0 aromatic heterocycles. The minimum Gasteiger partial charge on any atom is -0.504 e.